The van der Waals surface area contributed by atoms with Crippen LogP contribution in [0.25, 0.3) is 55.4 Å². The molecule has 0 spiro atoms. The molecule has 9 heteroatoms. The van der Waals surface area contributed by atoms with E-state index in [1.54, 1.807) is 29.8 Å². The predicted octanol–water partition coefficient (Wildman–Crippen LogP) is 4.70. The molecule has 0 saturated carbocycles. The first-order valence-electron chi connectivity index (χ1n) is 9.57. The van der Waals surface area contributed by atoms with Gasteiger partial charge in [-0.05, 0) is 43.3 Å². The molecule has 6 heterocycles. The zero-order valence-corrected chi connectivity index (χ0v) is 17.1. The lowest BCUT2D eigenvalue weighted by molar-refractivity contribution is 0.473. The van der Waals surface area contributed by atoms with Crippen molar-refractivity contribution < 1.29 is 5.11 Å². The van der Waals surface area contributed by atoms with E-state index in [0.717, 1.165) is 32.7 Å². The summed E-state index contributed by atoms with van der Waals surface area (Å²) in [5.41, 5.74) is 6.02. The van der Waals surface area contributed by atoms with Crippen molar-refractivity contribution in [1.29, 1.82) is 0 Å². The van der Waals surface area contributed by atoms with E-state index in [0.29, 0.717) is 22.7 Å². The lowest BCUT2D eigenvalue weighted by Crippen LogP contribution is -1.87. The number of thiophene rings is 1. The summed E-state index contributed by atoms with van der Waals surface area (Å²) in [6, 6.07) is 11.4. The first-order valence-corrected chi connectivity index (χ1v) is 10.4. The summed E-state index contributed by atoms with van der Waals surface area (Å²) in [5, 5.41) is 17.2. The maximum absolute atomic E-state index is 9.75. The maximum atomic E-state index is 9.75. The lowest BCUT2D eigenvalue weighted by atomic mass is 10.1. The summed E-state index contributed by atoms with van der Waals surface area (Å²) in [6.07, 6.45) is 4.83. The van der Waals surface area contributed by atoms with Gasteiger partial charge in [0.25, 0.3) is 0 Å². The van der Waals surface area contributed by atoms with Gasteiger partial charge in [-0.15, -0.1) is 11.3 Å². The van der Waals surface area contributed by atoms with Crippen molar-refractivity contribution in [3.8, 4) is 39.1 Å². The third-order valence-electron chi connectivity index (χ3n) is 5.03. The van der Waals surface area contributed by atoms with Gasteiger partial charge in [-0.3, -0.25) is 15.1 Å². The van der Waals surface area contributed by atoms with Gasteiger partial charge in [0, 0.05) is 22.8 Å². The van der Waals surface area contributed by atoms with Gasteiger partial charge in [-0.25, -0.2) is 9.97 Å². The molecule has 0 bridgehead atoms. The number of hydrogen-bond acceptors (Lipinski definition) is 7. The molecule has 0 amide bonds. The Hall–Kier alpha value is -4.11. The Labute approximate surface area is 179 Å². The molecular weight excluding hydrogens is 410 g/mol. The van der Waals surface area contributed by atoms with Gasteiger partial charge in [0.1, 0.15) is 22.5 Å². The molecule has 0 aliphatic rings. The number of nitrogens with zero attached hydrogens (tertiary/aromatic N) is 5. The number of fused-ring (bicyclic) bond motifs is 2. The summed E-state index contributed by atoms with van der Waals surface area (Å²) < 4.78 is 0. The van der Waals surface area contributed by atoms with E-state index in [2.05, 4.69) is 44.2 Å². The van der Waals surface area contributed by atoms with Gasteiger partial charge < -0.3 is 10.1 Å². The first-order chi connectivity index (χ1) is 15.2. The van der Waals surface area contributed by atoms with E-state index in [-0.39, 0.29) is 5.75 Å². The van der Waals surface area contributed by atoms with E-state index in [1.165, 1.54) is 11.1 Å². The number of aryl methyl sites for hydroxylation is 1. The molecule has 0 aromatic carbocycles. The number of aromatic hydroxyl groups is 1. The second kappa shape index (κ2) is 6.71. The van der Waals surface area contributed by atoms with Crippen LogP contribution in [0.2, 0.25) is 0 Å². The average molecular weight is 425 g/mol. The SMILES string of the molecule is Cc1ccc(-c2nccc3[nH]c(-c4n[nH]c5ccc(-c6cncc(O)c6)nc45)nc23)s1. The molecular formula is C22H15N7OS. The third-order valence-corrected chi connectivity index (χ3v) is 6.03. The standard InChI is InChI=1S/C22H15N7OS/c1-11-2-5-17(31-11)20-18-15(6-7-24-20)26-22(27-18)21-19-16(28-29-21)4-3-14(25-19)12-8-13(30)10-23-9-12/h2-10,30H,1H3,(H,26,27)(H,28,29). The molecule has 31 heavy (non-hydrogen) atoms. The Morgan fingerprint density at radius 2 is 1.84 bits per heavy atom. The Bertz CT molecular complexity index is 1580. The molecule has 0 saturated heterocycles. The largest absolute Gasteiger partial charge is 0.506 e. The zero-order chi connectivity index (χ0) is 20.9. The summed E-state index contributed by atoms with van der Waals surface area (Å²) in [4.78, 5) is 23.8. The van der Waals surface area contributed by atoms with Crippen molar-refractivity contribution in [1.82, 2.24) is 35.1 Å². The molecule has 0 aliphatic heterocycles. The fraction of sp³-hybridized carbons (Fsp3) is 0.0455. The van der Waals surface area contributed by atoms with E-state index in [9.17, 15) is 5.11 Å². The number of aromatic nitrogens is 7. The molecule has 8 nitrogen and oxygen atoms in total. The topological polar surface area (TPSA) is 116 Å². The molecule has 0 aliphatic carbocycles. The van der Waals surface area contributed by atoms with E-state index in [1.807, 2.05) is 18.2 Å². The fourth-order valence-corrected chi connectivity index (χ4v) is 4.45. The lowest BCUT2D eigenvalue weighted by Gasteiger charge is -2.01. The van der Waals surface area contributed by atoms with Crippen LogP contribution in [0.5, 0.6) is 5.75 Å². The smallest absolute Gasteiger partial charge is 0.161 e. The van der Waals surface area contributed by atoms with Crippen LogP contribution in [0.1, 0.15) is 4.88 Å². The van der Waals surface area contributed by atoms with Crippen LogP contribution in [-0.2, 0) is 0 Å². The van der Waals surface area contributed by atoms with Crippen LogP contribution in [0.4, 0.5) is 0 Å². The van der Waals surface area contributed by atoms with Crippen molar-refractivity contribution in [2.75, 3.05) is 0 Å². The Kier molecular flexibility index (Phi) is 3.84. The van der Waals surface area contributed by atoms with Crippen molar-refractivity contribution >= 4 is 33.4 Å². The van der Waals surface area contributed by atoms with Gasteiger partial charge in [0.15, 0.2) is 11.5 Å². The van der Waals surface area contributed by atoms with Gasteiger partial charge in [0.05, 0.1) is 27.8 Å². The predicted molar refractivity (Wildman–Crippen MR) is 120 cm³/mol. The average Bonchev–Trinajstić information content (AvgIpc) is 3.50. The quantitative estimate of drug-likeness (QED) is 0.378. The number of nitrogens with one attached hydrogen (secondary N) is 2. The summed E-state index contributed by atoms with van der Waals surface area (Å²) in [7, 11) is 0. The normalized spacial score (nSPS) is 11.5. The fourth-order valence-electron chi connectivity index (χ4n) is 3.58. The number of H-pyrrole nitrogens is 2. The zero-order valence-electron chi connectivity index (χ0n) is 16.3. The van der Waals surface area contributed by atoms with Crippen molar-refractivity contribution in [3.63, 3.8) is 0 Å². The Morgan fingerprint density at radius 1 is 0.935 bits per heavy atom. The summed E-state index contributed by atoms with van der Waals surface area (Å²) in [5.74, 6) is 0.704. The monoisotopic (exact) mass is 425 g/mol. The Balaban J connectivity index is 1.51. The van der Waals surface area contributed by atoms with E-state index in [4.69, 9.17) is 9.97 Å². The highest BCUT2D eigenvalue weighted by molar-refractivity contribution is 7.15. The van der Waals surface area contributed by atoms with Crippen LogP contribution >= 0.6 is 11.3 Å². The van der Waals surface area contributed by atoms with Crippen molar-refractivity contribution in [3.05, 3.63) is 59.9 Å². The minimum atomic E-state index is 0.0907. The molecule has 3 N–H and O–H groups in total. The van der Waals surface area contributed by atoms with Crippen LogP contribution in [0.15, 0.2) is 55.0 Å². The molecule has 150 valence electrons. The highest BCUT2D eigenvalue weighted by Crippen LogP contribution is 2.33. The van der Waals surface area contributed by atoms with Gasteiger partial charge in [-0.2, -0.15) is 5.10 Å². The van der Waals surface area contributed by atoms with Crippen LogP contribution in [0, 0.1) is 6.92 Å². The molecule has 0 fully saturated rings. The summed E-state index contributed by atoms with van der Waals surface area (Å²) >= 11 is 1.69. The van der Waals surface area contributed by atoms with Crippen LogP contribution in [-0.4, -0.2) is 40.2 Å². The first kappa shape index (κ1) is 17.7. The number of pyridine rings is 3. The minimum absolute atomic E-state index is 0.0907. The third kappa shape index (κ3) is 2.94. The van der Waals surface area contributed by atoms with Crippen LogP contribution in [0.3, 0.4) is 0 Å². The minimum Gasteiger partial charge on any atom is -0.506 e. The van der Waals surface area contributed by atoms with E-state index < -0.39 is 0 Å². The highest BCUT2D eigenvalue weighted by atomic mass is 32.1. The number of aromatic amines is 2. The number of imidazole rings is 1. The molecule has 6 rings (SSSR count). The molecule has 0 unspecified atom stereocenters. The second-order valence-corrected chi connectivity index (χ2v) is 8.44. The highest BCUT2D eigenvalue weighted by Gasteiger charge is 2.18. The van der Waals surface area contributed by atoms with Crippen molar-refractivity contribution in [2.24, 2.45) is 0 Å². The Morgan fingerprint density at radius 3 is 2.68 bits per heavy atom. The molecule has 0 radical (unpaired) electrons. The second-order valence-electron chi connectivity index (χ2n) is 7.15. The van der Waals surface area contributed by atoms with E-state index >= 15 is 0 Å². The van der Waals surface area contributed by atoms with Crippen molar-refractivity contribution in [2.45, 2.75) is 6.92 Å². The number of rotatable bonds is 3. The molecule has 6 aromatic rings. The maximum Gasteiger partial charge on any atom is 0.161 e. The summed E-state index contributed by atoms with van der Waals surface area (Å²) in [6.45, 7) is 2.07. The molecule has 0 atom stereocenters. The van der Waals surface area contributed by atoms with Crippen LogP contribution < -0.4 is 0 Å². The molecule has 6 aromatic heterocycles. The van der Waals surface area contributed by atoms with Gasteiger partial charge in [0.2, 0.25) is 0 Å². The van der Waals surface area contributed by atoms with Gasteiger partial charge >= 0.3 is 0 Å². The number of hydrogen-bond donors (Lipinski definition) is 3. The van der Waals surface area contributed by atoms with Gasteiger partial charge in [-0.1, -0.05) is 0 Å².